The Hall–Kier alpha value is -2.62. The number of aliphatic hydroxyl groups is 1. The molecule has 1 fully saturated rings. The predicted octanol–water partition coefficient (Wildman–Crippen LogP) is 2.80. The van der Waals surface area contributed by atoms with Gasteiger partial charge in [-0.25, -0.2) is 0 Å². The molecule has 1 heterocycles. The Balaban J connectivity index is 2.03. The summed E-state index contributed by atoms with van der Waals surface area (Å²) in [5, 5.41) is 20.0. The number of carbonyl (C=O) groups excluding carboxylic acids is 1. The van der Waals surface area contributed by atoms with Gasteiger partial charge in [0.1, 0.15) is 0 Å². The number of carbonyl (C=O) groups is 1. The fraction of sp³-hybridized carbons (Fsp3) is 0.500. The fourth-order valence-corrected chi connectivity index (χ4v) is 2.77. The predicted molar refractivity (Wildman–Crippen MR) is 98.1 cm³/mol. The maximum atomic E-state index is 12.8. The Bertz CT molecular complexity index is 765. The number of nitrogens with zero attached hydrogens (tertiary/aromatic N) is 2. The summed E-state index contributed by atoms with van der Waals surface area (Å²) in [5.41, 5.74) is 3.18. The third kappa shape index (κ3) is 4.61. The molecule has 0 unspecified atom stereocenters. The number of para-hydroxylation sites is 1. The lowest BCUT2D eigenvalue weighted by molar-refractivity contribution is -0.229. The highest BCUT2D eigenvalue weighted by atomic mass is 19.4. The van der Waals surface area contributed by atoms with E-state index in [9.17, 15) is 23.1 Å². The topological polar surface area (TPSA) is 112 Å². The number of anilines is 1. The number of amides is 1. The number of nitrogen functional groups attached to an aromatic ring is 1. The highest BCUT2D eigenvalue weighted by molar-refractivity contribution is 5.99. The summed E-state index contributed by atoms with van der Waals surface area (Å²) in [6.07, 6.45) is -2.50. The van der Waals surface area contributed by atoms with Crippen molar-refractivity contribution in [3.05, 3.63) is 29.8 Å². The molecule has 1 aromatic carbocycles. The minimum Gasteiger partial charge on any atom is -0.398 e. The van der Waals surface area contributed by atoms with Crippen LogP contribution in [0.1, 0.15) is 37.0 Å². The van der Waals surface area contributed by atoms with Gasteiger partial charge in [-0.2, -0.15) is 13.2 Å². The van der Waals surface area contributed by atoms with E-state index in [-0.39, 0.29) is 24.4 Å². The fourth-order valence-electron chi connectivity index (χ4n) is 2.77. The molecule has 1 aliphatic heterocycles. The number of nitrogens with two attached hydrogens (primary N) is 1. The highest BCUT2D eigenvalue weighted by Gasteiger charge is 2.55. The van der Waals surface area contributed by atoms with Crippen LogP contribution < -0.4 is 5.73 Å². The Kier molecular flexibility index (Phi) is 6.33. The van der Waals surface area contributed by atoms with Crippen molar-refractivity contribution in [2.75, 3.05) is 12.3 Å². The lowest BCUT2D eigenvalue weighted by atomic mass is 9.93. The molecular weight excluding hydrogens is 377 g/mol. The molecule has 1 aromatic rings. The first-order valence-corrected chi connectivity index (χ1v) is 8.69. The van der Waals surface area contributed by atoms with Crippen LogP contribution >= 0.6 is 0 Å². The van der Waals surface area contributed by atoms with Crippen molar-refractivity contribution in [2.24, 2.45) is 11.1 Å². The van der Waals surface area contributed by atoms with Gasteiger partial charge in [0.05, 0.1) is 5.56 Å². The average molecular weight is 400 g/mol. The van der Waals surface area contributed by atoms with Crippen molar-refractivity contribution in [2.45, 2.75) is 44.5 Å². The van der Waals surface area contributed by atoms with E-state index in [0.717, 1.165) is 0 Å². The number of hydrogen-bond donors (Lipinski definition) is 3. The molecule has 1 aliphatic rings. The Labute approximate surface area is 160 Å². The lowest BCUT2D eigenvalue weighted by Gasteiger charge is -2.37. The number of rotatable bonds is 4. The molecule has 7 nitrogen and oxygen atoms in total. The number of oxime groups is 1. The van der Waals surface area contributed by atoms with Crippen LogP contribution in [-0.4, -0.2) is 52.4 Å². The van der Waals surface area contributed by atoms with Crippen LogP contribution in [0, 0.1) is 11.3 Å². The van der Waals surface area contributed by atoms with Crippen LogP contribution in [-0.2, 0) is 4.84 Å². The van der Waals surface area contributed by atoms with E-state index in [1.165, 1.54) is 6.21 Å². The smallest absolute Gasteiger partial charge is 0.398 e. The largest absolute Gasteiger partial charge is 0.426 e. The molecule has 2 rings (SSSR count). The zero-order chi connectivity index (χ0) is 21.1. The van der Waals surface area contributed by atoms with Crippen molar-refractivity contribution >= 4 is 23.7 Å². The highest BCUT2D eigenvalue weighted by Crippen LogP contribution is 2.31. The number of hydrogen-bond acceptors (Lipinski definition) is 6. The molecule has 1 saturated heterocycles. The van der Waals surface area contributed by atoms with Gasteiger partial charge in [0.2, 0.25) is 5.60 Å². The van der Waals surface area contributed by atoms with Gasteiger partial charge in [0.15, 0.2) is 0 Å². The number of halogens is 3. The third-order valence-electron chi connectivity index (χ3n) is 4.78. The van der Waals surface area contributed by atoms with Gasteiger partial charge in [-0.1, -0.05) is 17.3 Å². The summed E-state index contributed by atoms with van der Waals surface area (Å²) in [4.78, 5) is 18.8. The molecule has 0 spiro atoms. The second kappa shape index (κ2) is 8.17. The van der Waals surface area contributed by atoms with E-state index in [0.29, 0.717) is 31.0 Å². The molecule has 0 bridgehead atoms. The maximum absolute atomic E-state index is 12.8. The van der Waals surface area contributed by atoms with Gasteiger partial charge in [0, 0.05) is 30.4 Å². The van der Waals surface area contributed by atoms with E-state index in [1.54, 1.807) is 29.2 Å². The third-order valence-corrected chi connectivity index (χ3v) is 4.78. The second-order valence-electron chi connectivity index (χ2n) is 6.98. The quantitative estimate of drug-likeness (QED) is 0.312. The first-order valence-electron chi connectivity index (χ1n) is 8.69. The Morgan fingerprint density at radius 1 is 1.39 bits per heavy atom. The van der Waals surface area contributed by atoms with Crippen molar-refractivity contribution in [1.29, 1.82) is 5.41 Å². The molecule has 154 valence electrons. The monoisotopic (exact) mass is 400 g/mol. The van der Waals surface area contributed by atoms with Crippen molar-refractivity contribution in [3.8, 4) is 0 Å². The molecular formula is C18H23F3N4O3. The summed E-state index contributed by atoms with van der Waals surface area (Å²) in [5.74, 6) is -1.93. The summed E-state index contributed by atoms with van der Waals surface area (Å²) in [7, 11) is 0. The van der Waals surface area contributed by atoms with Gasteiger partial charge in [-0.15, -0.1) is 0 Å². The van der Waals surface area contributed by atoms with Gasteiger partial charge in [-0.3, -0.25) is 10.2 Å². The van der Waals surface area contributed by atoms with Gasteiger partial charge in [0.25, 0.3) is 11.8 Å². The van der Waals surface area contributed by atoms with E-state index in [1.807, 2.05) is 6.92 Å². The molecule has 3 atom stereocenters. The molecule has 1 amide bonds. The zero-order valence-corrected chi connectivity index (χ0v) is 15.5. The Morgan fingerprint density at radius 3 is 2.64 bits per heavy atom. The standard InChI is InChI=1S/C18H23F3N4O3/c1-11-7-8-12(9-24-28-16(23)17(2,27)18(19,20)21)10-25(11)15(26)13-5-3-4-6-14(13)22/h3-6,9,11-12,23,27H,7-8,10,22H2,1-2H3/b23-16?,24-9+/t11-,12+,17-/m1/s1. The molecule has 4 N–H and O–H groups in total. The van der Waals surface area contributed by atoms with Crippen LogP contribution in [0.15, 0.2) is 29.4 Å². The van der Waals surface area contributed by atoms with Crippen LogP contribution in [0.3, 0.4) is 0 Å². The summed E-state index contributed by atoms with van der Waals surface area (Å²) < 4.78 is 38.0. The first kappa shape index (κ1) is 21.7. The maximum Gasteiger partial charge on any atom is 0.426 e. The van der Waals surface area contributed by atoms with Crippen molar-refractivity contribution in [3.63, 3.8) is 0 Å². The minimum absolute atomic E-state index is 0.0399. The van der Waals surface area contributed by atoms with Crippen LogP contribution in [0.5, 0.6) is 0 Å². The normalized spacial score (nSPS) is 22.7. The molecule has 0 aliphatic carbocycles. The van der Waals surface area contributed by atoms with Gasteiger partial charge < -0.3 is 20.6 Å². The van der Waals surface area contributed by atoms with E-state index >= 15 is 0 Å². The van der Waals surface area contributed by atoms with E-state index in [4.69, 9.17) is 11.1 Å². The zero-order valence-electron chi connectivity index (χ0n) is 15.5. The lowest BCUT2D eigenvalue weighted by Crippen LogP contribution is -2.49. The summed E-state index contributed by atoms with van der Waals surface area (Å²) >= 11 is 0. The summed E-state index contributed by atoms with van der Waals surface area (Å²) in [6, 6.07) is 6.66. The number of alkyl halides is 3. The summed E-state index contributed by atoms with van der Waals surface area (Å²) in [6.45, 7) is 2.60. The van der Waals surface area contributed by atoms with Crippen LogP contribution in [0.2, 0.25) is 0 Å². The van der Waals surface area contributed by atoms with Crippen molar-refractivity contribution < 1.29 is 27.9 Å². The van der Waals surface area contributed by atoms with Gasteiger partial charge in [-0.05, 0) is 38.8 Å². The molecule has 10 heteroatoms. The minimum atomic E-state index is -5.06. The molecule has 0 saturated carbocycles. The van der Waals surface area contributed by atoms with E-state index in [2.05, 4.69) is 9.99 Å². The molecule has 28 heavy (non-hydrogen) atoms. The first-order chi connectivity index (χ1) is 12.9. The van der Waals surface area contributed by atoms with E-state index < -0.39 is 17.7 Å². The number of piperidine rings is 1. The molecule has 0 aromatic heterocycles. The number of benzene rings is 1. The molecule has 0 radical (unpaired) electrons. The Morgan fingerprint density at radius 2 is 2.04 bits per heavy atom. The SMILES string of the molecule is C[C@@H]1CC[C@@H](/C=N/OC(=N)[C@@](C)(O)C(F)(F)F)CN1C(=O)c1ccccc1N. The number of likely N-dealkylation sites (tertiary alicyclic amines) is 1. The van der Waals surface area contributed by atoms with Crippen LogP contribution in [0.25, 0.3) is 0 Å². The second-order valence-corrected chi connectivity index (χ2v) is 6.98. The van der Waals surface area contributed by atoms with Gasteiger partial charge >= 0.3 is 6.18 Å². The van der Waals surface area contributed by atoms with Crippen LogP contribution in [0.4, 0.5) is 18.9 Å². The van der Waals surface area contributed by atoms with Crippen molar-refractivity contribution in [1.82, 2.24) is 4.90 Å². The average Bonchev–Trinajstić information content (AvgIpc) is 2.61. The number of nitrogens with one attached hydrogen (secondary N) is 1.